The molecule has 1 aromatic rings. The van der Waals surface area contributed by atoms with Gasteiger partial charge in [0.05, 0.1) is 0 Å². The lowest BCUT2D eigenvalue weighted by Crippen LogP contribution is -2.32. The molecule has 0 saturated carbocycles. The number of phenolic OH excluding ortho intramolecular Hbond substituents is 1. The van der Waals surface area contributed by atoms with Crippen LogP contribution in [0.15, 0.2) is 35.9 Å². The summed E-state index contributed by atoms with van der Waals surface area (Å²) in [5.74, 6) is 0.977. The summed E-state index contributed by atoms with van der Waals surface area (Å²) in [7, 11) is 0. The summed E-state index contributed by atoms with van der Waals surface area (Å²) in [5, 5.41) is 9.27. The highest BCUT2D eigenvalue weighted by Crippen LogP contribution is 2.28. The van der Waals surface area contributed by atoms with Gasteiger partial charge in [-0.1, -0.05) is 29.8 Å². The number of aromatic hydroxyl groups is 1. The minimum Gasteiger partial charge on any atom is -0.508 e. The first-order valence-electron chi connectivity index (χ1n) is 6.06. The third-order valence-electron chi connectivity index (χ3n) is 3.40. The minimum atomic E-state index is 0.346. The number of hydrogen-bond donors (Lipinski definition) is 1. The quantitative estimate of drug-likeness (QED) is 0.891. The van der Waals surface area contributed by atoms with E-state index in [-0.39, 0.29) is 0 Å². The third-order valence-corrected chi connectivity index (χ3v) is 3.58. The molecule has 1 heterocycles. The van der Waals surface area contributed by atoms with Gasteiger partial charge in [-0.25, -0.2) is 0 Å². The van der Waals surface area contributed by atoms with Crippen molar-refractivity contribution in [3.63, 3.8) is 0 Å². The van der Waals surface area contributed by atoms with Crippen molar-refractivity contribution in [3.05, 3.63) is 41.4 Å². The Morgan fingerprint density at radius 2 is 1.88 bits per heavy atom. The van der Waals surface area contributed by atoms with Crippen molar-refractivity contribution in [2.24, 2.45) is 0 Å². The first-order chi connectivity index (χ1) is 8.29. The van der Waals surface area contributed by atoms with Gasteiger partial charge in [0.1, 0.15) is 5.75 Å². The number of halogens is 1. The van der Waals surface area contributed by atoms with Crippen LogP contribution in [0.3, 0.4) is 0 Å². The smallest absolute Gasteiger partial charge is 0.115 e. The van der Waals surface area contributed by atoms with Crippen molar-refractivity contribution in [2.45, 2.75) is 18.8 Å². The molecule has 1 N–H and O–H groups in total. The molecule has 0 atom stereocenters. The van der Waals surface area contributed by atoms with E-state index in [1.807, 2.05) is 18.2 Å². The zero-order valence-corrected chi connectivity index (χ0v) is 10.6. The van der Waals surface area contributed by atoms with Gasteiger partial charge in [-0.3, -0.25) is 4.90 Å². The van der Waals surface area contributed by atoms with Crippen LogP contribution in [0.1, 0.15) is 24.3 Å². The standard InChI is InChI=1S/C14H18ClNO/c15-8-1-9-16-10-6-13(7-11-16)12-2-4-14(17)5-3-12/h1-5,8,13,17H,6-7,9-11H2/b8-1+. The molecule has 1 fully saturated rings. The average molecular weight is 252 g/mol. The molecule has 1 aromatic carbocycles. The Hall–Kier alpha value is -0.990. The monoisotopic (exact) mass is 251 g/mol. The second-order valence-electron chi connectivity index (χ2n) is 4.53. The Kier molecular flexibility index (Phi) is 4.46. The summed E-state index contributed by atoms with van der Waals surface area (Å²) in [4.78, 5) is 2.41. The van der Waals surface area contributed by atoms with E-state index < -0.39 is 0 Å². The van der Waals surface area contributed by atoms with Crippen LogP contribution < -0.4 is 0 Å². The van der Waals surface area contributed by atoms with Crippen molar-refractivity contribution in [3.8, 4) is 5.75 Å². The van der Waals surface area contributed by atoms with Gasteiger partial charge in [0.2, 0.25) is 0 Å². The maximum absolute atomic E-state index is 9.27. The molecule has 0 spiro atoms. The fourth-order valence-corrected chi connectivity index (χ4v) is 2.46. The Morgan fingerprint density at radius 1 is 1.24 bits per heavy atom. The van der Waals surface area contributed by atoms with Crippen molar-refractivity contribution < 1.29 is 5.11 Å². The Balaban J connectivity index is 1.88. The molecule has 0 amide bonds. The van der Waals surface area contributed by atoms with Crippen LogP contribution in [0.25, 0.3) is 0 Å². The Morgan fingerprint density at radius 3 is 2.47 bits per heavy atom. The molecule has 3 heteroatoms. The zero-order valence-electron chi connectivity index (χ0n) is 9.85. The third kappa shape index (κ3) is 3.48. The number of piperidine rings is 1. The molecule has 0 radical (unpaired) electrons. The van der Waals surface area contributed by atoms with E-state index in [2.05, 4.69) is 4.90 Å². The fourth-order valence-electron chi connectivity index (χ4n) is 2.38. The van der Waals surface area contributed by atoms with E-state index in [0.717, 1.165) is 19.6 Å². The lowest BCUT2D eigenvalue weighted by Gasteiger charge is -2.31. The van der Waals surface area contributed by atoms with Crippen LogP contribution in [-0.2, 0) is 0 Å². The molecule has 0 aromatic heterocycles. The van der Waals surface area contributed by atoms with Crippen LogP contribution in [-0.4, -0.2) is 29.6 Å². The predicted octanol–water partition coefficient (Wildman–Crippen LogP) is 3.32. The Labute approximate surface area is 108 Å². The molecular weight excluding hydrogens is 234 g/mol. The van der Waals surface area contributed by atoms with Crippen LogP contribution in [0.5, 0.6) is 5.75 Å². The van der Waals surface area contributed by atoms with E-state index in [9.17, 15) is 5.11 Å². The van der Waals surface area contributed by atoms with E-state index in [0.29, 0.717) is 11.7 Å². The van der Waals surface area contributed by atoms with E-state index in [1.165, 1.54) is 18.4 Å². The van der Waals surface area contributed by atoms with Crippen molar-refractivity contribution >= 4 is 11.6 Å². The predicted molar refractivity (Wildman–Crippen MR) is 71.5 cm³/mol. The highest BCUT2D eigenvalue weighted by atomic mass is 35.5. The maximum Gasteiger partial charge on any atom is 0.115 e. The fraction of sp³-hybridized carbons (Fsp3) is 0.429. The number of phenols is 1. The summed E-state index contributed by atoms with van der Waals surface area (Å²) in [6, 6.07) is 7.62. The SMILES string of the molecule is Oc1ccc(C2CCN(C/C=C/Cl)CC2)cc1. The molecule has 2 rings (SSSR count). The number of benzene rings is 1. The van der Waals surface area contributed by atoms with Crippen LogP contribution in [0, 0.1) is 0 Å². The molecule has 0 unspecified atom stereocenters. The van der Waals surface area contributed by atoms with Crippen LogP contribution >= 0.6 is 11.6 Å². The molecular formula is C14H18ClNO. The molecule has 0 aliphatic carbocycles. The summed E-state index contributed by atoms with van der Waals surface area (Å²) in [5.41, 5.74) is 2.93. The first-order valence-corrected chi connectivity index (χ1v) is 6.50. The summed E-state index contributed by atoms with van der Waals surface area (Å²) in [6.07, 6.45) is 4.35. The van der Waals surface area contributed by atoms with Gasteiger partial charge in [-0.2, -0.15) is 0 Å². The highest BCUT2D eigenvalue weighted by molar-refractivity contribution is 6.25. The second-order valence-corrected chi connectivity index (χ2v) is 4.78. The van der Waals surface area contributed by atoms with Gasteiger partial charge in [0.15, 0.2) is 0 Å². The summed E-state index contributed by atoms with van der Waals surface area (Å²) >= 11 is 5.53. The molecule has 0 bridgehead atoms. The largest absolute Gasteiger partial charge is 0.508 e. The zero-order chi connectivity index (χ0) is 12.1. The maximum atomic E-state index is 9.27. The van der Waals surface area contributed by atoms with E-state index >= 15 is 0 Å². The molecule has 1 aliphatic rings. The first kappa shape index (κ1) is 12.5. The van der Waals surface area contributed by atoms with Crippen LogP contribution in [0.4, 0.5) is 0 Å². The molecule has 2 nitrogen and oxygen atoms in total. The van der Waals surface area contributed by atoms with Gasteiger partial charge in [-0.15, -0.1) is 0 Å². The van der Waals surface area contributed by atoms with E-state index in [1.54, 1.807) is 17.7 Å². The lowest BCUT2D eigenvalue weighted by atomic mass is 9.89. The molecule has 92 valence electrons. The van der Waals surface area contributed by atoms with Gasteiger partial charge < -0.3 is 5.11 Å². The normalized spacial score (nSPS) is 18.9. The summed E-state index contributed by atoms with van der Waals surface area (Å²) in [6.45, 7) is 3.19. The number of likely N-dealkylation sites (tertiary alicyclic amines) is 1. The van der Waals surface area contributed by atoms with E-state index in [4.69, 9.17) is 11.6 Å². The van der Waals surface area contributed by atoms with Gasteiger partial charge in [-0.05, 0) is 49.5 Å². The summed E-state index contributed by atoms with van der Waals surface area (Å²) < 4.78 is 0. The lowest BCUT2D eigenvalue weighted by molar-refractivity contribution is 0.232. The molecule has 1 aliphatic heterocycles. The number of hydrogen-bond acceptors (Lipinski definition) is 2. The van der Waals surface area contributed by atoms with Crippen molar-refractivity contribution in [1.29, 1.82) is 0 Å². The van der Waals surface area contributed by atoms with Crippen molar-refractivity contribution in [2.75, 3.05) is 19.6 Å². The second kappa shape index (κ2) is 6.08. The molecule has 17 heavy (non-hydrogen) atoms. The number of nitrogens with zero attached hydrogens (tertiary/aromatic N) is 1. The van der Waals surface area contributed by atoms with Gasteiger partial charge in [0, 0.05) is 12.1 Å². The Bertz CT molecular complexity index is 366. The topological polar surface area (TPSA) is 23.5 Å². The highest BCUT2D eigenvalue weighted by Gasteiger charge is 2.19. The average Bonchev–Trinajstić information content (AvgIpc) is 2.38. The van der Waals surface area contributed by atoms with Gasteiger partial charge in [0.25, 0.3) is 0 Å². The molecule has 1 saturated heterocycles. The number of rotatable bonds is 3. The minimum absolute atomic E-state index is 0.346. The van der Waals surface area contributed by atoms with Gasteiger partial charge >= 0.3 is 0 Å². The van der Waals surface area contributed by atoms with Crippen LogP contribution in [0.2, 0.25) is 0 Å². The van der Waals surface area contributed by atoms with Crippen molar-refractivity contribution in [1.82, 2.24) is 4.90 Å².